The van der Waals surface area contributed by atoms with Gasteiger partial charge in [0.1, 0.15) is 0 Å². The van der Waals surface area contributed by atoms with Gasteiger partial charge in [0.2, 0.25) is 0 Å². The summed E-state index contributed by atoms with van der Waals surface area (Å²) in [5, 5.41) is 3.27. The predicted octanol–water partition coefficient (Wildman–Crippen LogP) is 1.12. The SMILES string of the molecule is COCCN[C@@]1(C)CCCCC1=O. The fourth-order valence-electron chi connectivity index (χ4n) is 1.80. The van der Waals surface area contributed by atoms with Gasteiger partial charge in [-0.2, -0.15) is 0 Å². The molecule has 0 unspecified atom stereocenters. The molecule has 0 radical (unpaired) electrons. The molecule has 1 atom stereocenters. The Kier molecular flexibility index (Phi) is 3.88. The molecule has 0 bridgehead atoms. The number of ketones is 1. The number of hydrogen-bond donors (Lipinski definition) is 1. The van der Waals surface area contributed by atoms with Crippen molar-refractivity contribution in [3.8, 4) is 0 Å². The minimum atomic E-state index is -0.281. The van der Waals surface area contributed by atoms with Crippen molar-refractivity contribution < 1.29 is 9.53 Å². The lowest BCUT2D eigenvalue weighted by molar-refractivity contribution is -0.126. The van der Waals surface area contributed by atoms with E-state index in [9.17, 15) is 4.79 Å². The van der Waals surface area contributed by atoms with Gasteiger partial charge >= 0.3 is 0 Å². The van der Waals surface area contributed by atoms with Crippen molar-refractivity contribution in [2.75, 3.05) is 20.3 Å². The smallest absolute Gasteiger partial charge is 0.152 e. The summed E-state index contributed by atoms with van der Waals surface area (Å²) in [7, 11) is 1.67. The second-order valence-electron chi connectivity index (χ2n) is 3.88. The molecule has 13 heavy (non-hydrogen) atoms. The Morgan fingerprint density at radius 1 is 1.54 bits per heavy atom. The van der Waals surface area contributed by atoms with Gasteiger partial charge in [-0.1, -0.05) is 6.42 Å². The van der Waals surface area contributed by atoms with Crippen LogP contribution in [0.4, 0.5) is 0 Å². The summed E-state index contributed by atoms with van der Waals surface area (Å²) in [5.74, 6) is 0.356. The largest absolute Gasteiger partial charge is 0.383 e. The Hall–Kier alpha value is -0.410. The molecular weight excluding hydrogens is 166 g/mol. The average molecular weight is 185 g/mol. The van der Waals surface area contributed by atoms with Crippen molar-refractivity contribution in [1.82, 2.24) is 5.32 Å². The molecule has 0 aliphatic heterocycles. The first kappa shape index (κ1) is 10.7. The van der Waals surface area contributed by atoms with Crippen molar-refractivity contribution in [2.45, 2.75) is 38.1 Å². The van der Waals surface area contributed by atoms with E-state index in [0.717, 1.165) is 32.2 Å². The molecule has 0 amide bonds. The van der Waals surface area contributed by atoms with Gasteiger partial charge in [-0.15, -0.1) is 0 Å². The standard InChI is InChI=1S/C10H19NO2/c1-10(11-7-8-13-2)6-4-3-5-9(10)12/h11H,3-8H2,1-2H3/t10-/m0/s1. The Labute approximate surface area is 79.8 Å². The van der Waals surface area contributed by atoms with Crippen LogP contribution >= 0.6 is 0 Å². The van der Waals surface area contributed by atoms with E-state index in [2.05, 4.69) is 5.32 Å². The molecule has 0 aromatic carbocycles. The molecule has 0 aromatic heterocycles. The number of hydrogen-bond acceptors (Lipinski definition) is 3. The van der Waals surface area contributed by atoms with Crippen LogP contribution in [0, 0.1) is 0 Å². The molecule has 1 N–H and O–H groups in total. The van der Waals surface area contributed by atoms with Crippen molar-refractivity contribution in [3.63, 3.8) is 0 Å². The molecule has 1 aliphatic rings. The van der Waals surface area contributed by atoms with Gasteiger partial charge in [0.15, 0.2) is 5.78 Å². The van der Waals surface area contributed by atoms with Crippen LogP contribution in [0.5, 0.6) is 0 Å². The maximum atomic E-state index is 11.6. The van der Waals surface area contributed by atoms with Gasteiger partial charge < -0.3 is 10.1 Å². The van der Waals surface area contributed by atoms with Crippen LogP contribution in [0.1, 0.15) is 32.6 Å². The minimum absolute atomic E-state index is 0.281. The summed E-state index contributed by atoms with van der Waals surface area (Å²) >= 11 is 0. The first-order valence-electron chi connectivity index (χ1n) is 4.96. The number of ether oxygens (including phenoxy) is 1. The second-order valence-corrected chi connectivity index (χ2v) is 3.88. The molecule has 0 heterocycles. The Morgan fingerprint density at radius 3 is 2.92 bits per heavy atom. The minimum Gasteiger partial charge on any atom is -0.383 e. The van der Waals surface area contributed by atoms with Crippen molar-refractivity contribution in [1.29, 1.82) is 0 Å². The van der Waals surface area contributed by atoms with Gasteiger partial charge in [0.25, 0.3) is 0 Å². The Morgan fingerprint density at radius 2 is 2.31 bits per heavy atom. The van der Waals surface area contributed by atoms with Crippen LogP contribution in [0.25, 0.3) is 0 Å². The monoisotopic (exact) mass is 185 g/mol. The summed E-state index contributed by atoms with van der Waals surface area (Å²) in [5.41, 5.74) is -0.281. The van der Waals surface area contributed by atoms with Gasteiger partial charge in [-0.3, -0.25) is 4.79 Å². The van der Waals surface area contributed by atoms with E-state index >= 15 is 0 Å². The summed E-state index contributed by atoms with van der Waals surface area (Å²) in [6, 6.07) is 0. The summed E-state index contributed by atoms with van der Waals surface area (Å²) in [6.07, 6.45) is 3.91. The maximum absolute atomic E-state index is 11.6. The fourth-order valence-corrected chi connectivity index (χ4v) is 1.80. The highest BCUT2D eigenvalue weighted by Gasteiger charge is 2.33. The summed E-state index contributed by atoms with van der Waals surface area (Å²) in [4.78, 5) is 11.6. The number of nitrogens with one attached hydrogen (secondary N) is 1. The van der Waals surface area contributed by atoms with E-state index in [-0.39, 0.29) is 5.54 Å². The lowest BCUT2D eigenvalue weighted by Gasteiger charge is -2.33. The lowest BCUT2D eigenvalue weighted by Crippen LogP contribution is -2.52. The fraction of sp³-hybridized carbons (Fsp3) is 0.900. The van der Waals surface area contributed by atoms with Gasteiger partial charge in [0, 0.05) is 20.1 Å². The molecule has 1 saturated carbocycles. The number of carbonyl (C=O) groups is 1. The van der Waals surface area contributed by atoms with E-state index in [0.29, 0.717) is 12.4 Å². The van der Waals surface area contributed by atoms with Crippen LogP contribution in [0.15, 0.2) is 0 Å². The molecule has 0 spiro atoms. The Balaban J connectivity index is 2.38. The first-order valence-corrected chi connectivity index (χ1v) is 4.96. The van der Waals surface area contributed by atoms with Crippen molar-refractivity contribution in [2.24, 2.45) is 0 Å². The quantitative estimate of drug-likeness (QED) is 0.667. The third-order valence-electron chi connectivity index (χ3n) is 2.77. The maximum Gasteiger partial charge on any atom is 0.152 e. The lowest BCUT2D eigenvalue weighted by atomic mass is 9.82. The number of carbonyl (C=O) groups excluding carboxylic acids is 1. The highest BCUT2D eigenvalue weighted by atomic mass is 16.5. The highest BCUT2D eigenvalue weighted by Crippen LogP contribution is 2.24. The van der Waals surface area contributed by atoms with Crippen LogP contribution in [0.3, 0.4) is 0 Å². The van der Waals surface area contributed by atoms with Crippen LogP contribution in [-0.4, -0.2) is 31.6 Å². The Bertz CT molecular complexity index is 182. The zero-order valence-electron chi connectivity index (χ0n) is 8.56. The number of Topliss-reactive ketones (excluding diaryl/α,β-unsaturated/α-hetero) is 1. The normalized spacial score (nSPS) is 29.2. The van der Waals surface area contributed by atoms with Crippen molar-refractivity contribution in [3.05, 3.63) is 0 Å². The van der Waals surface area contributed by atoms with E-state index in [4.69, 9.17) is 4.74 Å². The van der Waals surface area contributed by atoms with Crippen LogP contribution in [-0.2, 0) is 9.53 Å². The predicted molar refractivity (Wildman–Crippen MR) is 51.8 cm³/mol. The number of rotatable bonds is 4. The van der Waals surface area contributed by atoms with Crippen LogP contribution in [0.2, 0.25) is 0 Å². The van der Waals surface area contributed by atoms with Crippen LogP contribution < -0.4 is 5.32 Å². The van der Waals surface area contributed by atoms with E-state index in [1.54, 1.807) is 7.11 Å². The molecule has 3 heteroatoms. The summed E-state index contributed by atoms with van der Waals surface area (Å²) in [6.45, 7) is 3.44. The third kappa shape index (κ3) is 2.78. The molecule has 0 aromatic rings. The molecule has 76 valence electrons. The van der Waals surface area contributed by atoms with Gasteiger partial charge in [-0.05, 0) is 19.8 Å². The zero-order valence-corrected chi connectivity index (χ0v) is 8.56. The molecular formula is C10H19NO2. The third-order valence-corrected chi connectivity index (χ3v) is 2.77. The molecule has 1 fully saturated rings. The molecule has 0 saturated heterocycles. The zero-order chi connectivity index (χ0) is 9.73. The van der Waals surface area contributed by atoms with E-state index in [1.165, 1.54) is 0 Å². The number of methoxy groups -OCH3 is 1. The van der Waals surface area contributed by atoms with E-state index < -0.39 is 0 Å². The van der Waals surface area contributed by atoms with Crippen molar-refractivity contribution >= 4 is 5.78 Å². The topological polar surface area (TPSA) is 38.3 Å². The highest BCUT2D eigenvalue weighted by molar-refractivity contribution is 5.88. The molecule has 3 nitrogen and oxygen atoms in total. The first-order chi connectivity index (χ1) is 6.19. The summed E-state index contributed by atoms with van der Waals surface area (Å²) < 4.78 is 4.94. The molecule has 1 aliphatic carbocycles. The van der Waals surface area contributed by atoms with Gasteiger partial charge in [-0.25, -0.2) is 0 Å². The molecule has 1 rings (SSSR count). The van der Waals surface area contributed by atoms with Gasteiger partial charge in [0.05, 0.1) is 12.1 Å². The second kappa shape index (κ2) is 4.72. The average Bonchev–Trinajstić information content (AvgIpc) is 2.11. The van der Waals surface area contributed by atoms with E-state index in [1.807, 2.05) is 6.92 Å².